The minimum absolute atomic E-state index is 0.150. The molecule has 0 bridgehead atoms. The highest BCUT2D eigenvalue weighted by Crippen LogP contribution is 2.29. The van der Waals surface area contributed by atoms with Gasteiger partial charge in [0.2, 0.25) is 0 Å². The summed E-state index contributed by atoms with van der Waals surface area (Å²) >= 11 is 5.85. The molecule has 0 heterocycles. The van der Waals surface area contributed by atoms with E-state index in [4.69, 9.17) is 11.6 Å². The maximum Gasteiger partial charge on any atom is 0.134 e. The van der Waals surface area contributed by atoms with Crippen LogP contribution in [0.4, 0.5) is 0 Å². The fourth-order valence-corrected chi connectivity index (χ4v) is 2.25. The van der Waals surface area contributed by atoms with E-state index in [-0.39, 0.29) is 5.75 Å². The average Bonchev–Trinajstić information content (AvgIpc) is 2.17. The second kappa shape index (κ2) is 5.07. The third-order valence-corrected chi connectivity index (χ3v) is 3.80. The van der Waals surface area contributed by atoms with E-state index in [1.807, 2.05) is 12.1 Å². The zero-order valence-corrected chi connectivity index (χ0v) is 10.3. The first-order valence-corrected chi connectivity index (χ1v) is 6.25. The topological polar surface area (TPSA) is 32.3 Å². The fourth-order valence-electron chi connectivity index (χ4n) is 2.05. The molecule has 0 aromatic heterocycles. The predicted octanol–water partition coefficient (Wildman–Crippen LogP) is 3.32. The number of aromatic hydroxyl groups is 1. The summed E-state index contributed by atoms with van der Waals surface area (Å²) in [5.74, 6) is 0.991. The van der Waals surface area contributed by atoms with Crippen LogP contribution in [0.15, 0.2) is 18.2 Å². The summed E-state index contributed by atoms with van der Waals surface area (Å²) < 4.78 is 0. The number of halogens is 1. The first kappa shape index (κ1) is 11.7. The van der Waals surface area contributed by atoms with Gasteiger partial charge in [-0.25, -0.2) is 0 Å². The van der Waals surface area contributed by atoms with E-state index in [2.05, 4.69) is 12.2 Å². The smallest absolute Gasteiger partial charge is 0.134 e. The minimum Gasteiger partial charge on any atom is -0.506 e. The molecule has 1 unspecified atom stereocenters. The Hall–Kier alpha value is -0.730. The summed E-state index contributed by atoms with van der Waals surface area (Å²) in [6.07, 6.45) is 4.08. The van der Waals surface area contributed by atoms with E-state index in [0.717, 1.165) is 18.0 Å². The molecule has 2 rings (SSSR count). The lowest BCUT2D eigenvalue weighted by atomic mass is 9.80. The molecule has 1 aromatic rings. The van der Waals surface area contributed by atoms with E-state index in [9.17, 15) is 5.11 Å². The molecule has 0 saturated heterocycles. The first-order chi connectivity index (χ1) is 7.66. The lowest BCUT2D eigenvalue weighted by Gasteiger charge is -2.32. The van der Waals surface area contributed by atoms with Crippen LogP contribution in [-0.2, 0) is 6.54 Å². The van der Waals surface area contributed by atoms with Gasteiger partial charge in [0, 0.05) is 12.6 Å². The van der Waals surface area contributed by atoms with Gasteiger partial charge in [-0.05, 0) is 43.4 Å². The molecule has 1 atom stereocenters. The van der Waals surface area contributed by atoms with Crippen molar-refractivity contribution >= 4 is 11.6 Å². The molecule has 16 heavy (non-hydrogen) atoms. The van der Waals surface area contributed by atoms with Gasteiger partial charge in [-0.2, -0.15) is 0 Å². The molecule has 3 heteroatoms. The van der Waals surface area contributed by atoms with Crippen LogP contribution in [0.25, 0.3) is 0 Å². The molecule has 1 aliphatic rings. The predicted molar refractivity (Wildman–Crippen MR) is 66.8 cm³/mol. The molecule has 1 aliphatic carbocycles. The number of hydrogen-bond donors (Lipinski definition) is 2. The highest BCUT2D eigenvalue weighted by molar-refractivity contribution is 6.32. The Morgan fingerprint density at radius 1 is 1.50 bits per heavy atom. The normalized spacial score (nSPS) is 18.1. The van der Waals surface area contributed by atoms with Gasteiger partial charge >= 0.3 is 0 Å². The van der Waals surface area contributed by atoms with Crippen molar-refractivity contribution in [2.75, 3.05) is 0 Å². The van der Waals surface area contributed by atoms with Gasteiger partial charge in [0.05, 0.1) is 5.02 Å². The third kappa shape index (κ3) is 2.69. The summed E-state index contributed by atoms with van der Waals surface area (Å²) in [5.41, 5.74) is 1.12. The molecule has 0 radical (unpaired) electrons. The van der Waals surface area contributed by atoms with Crippen molar-refractivity contribution in [2.24, 2.45) is 5.92 Å². The molecule has 88 valence electrons. The number of phenolic OH excluding ortho intramolecular Hbond substituents is 1. The van der Waals surface area contributed by atoms with Crippen LogP contribution < -0.4 is 5.32 Å². The quantitative estimate of drug-likeness (QED) is 0.845. The molecule has 0 amide bonds. The summed E-state index contributed by atoms with van der Waals surface area (Å²) in [6, 6.07) is 5.94. The maximum atomic E-state index is 9.30. The van der Waals surface area contributed by atoms with Crippen molar-refractivity contribution in [3.63, 3.8) is 0 Å². The number of phenols is 1. The van der Waals surface area contributed by atoms with Gasteiger partial charge in [-0.3, -0.25) is 0 Å². The molecule has 1 aromatic carbocycles. The second-order valence-corrected chi connectivity index (χ2v) is 5.05. The molecular weight excluding hydrogens is 222 g/mol. The van der Waals surface area contributed by atoms with Crippen molar-refractivity contribution in [1.82, 2.24) is 5.32 Å². The Balaban J connectivity index is 1.86. The van der Waals surface area contributed by atoms with Crippen molar-refractivity contribution in [3.8, 4) is 5.75 Å². The summed E-state index contributed by atoms with van der Waals surface area (Å²) in [5, 5.41) is 13.2. The van der Waals surface area contributed by atoms with Gasteiger partial charge in [0.15, 0.2) is 0 Å². The monoisotopic (exact) mass is 239 g/mol. The standard InChI is InChI=1S/C13H18ClNO/c1-9(11-3-2-4-11)15-8-10-5-6-13(16)12(14)7-10/h5-7,9,11,15-16H,2-4,8H2,1H3. The molecular formula is C13H18ClNO. The van der Waals surface area contributed by atoms with Gasteiger partial charge < -0.3 is 10.4 Å². The highest BCUT2D eigenvalue weighted by atomic mass is 35.5. The number of benzene rings is 1. The number of nitrogens with one attached hydrogen (secondary N) is 1. The van der Waals surface area contributed by atoms with E-state index in [1.54, 1.807) is 6.07 Å². The van der Waals surface area contributed by atoms with Gasteiger partial charge in [0.1, 0.15) is 5.75 Å². The zero-order chi connectivity index (χ0) is 11.5. The second-order valence-electron chi connectivity index (χ2n) is 4.65. The summed E-state index contributed by atoms with van der Waals surface area (Å²) in [6.45, 7) is 3.06. The Labute approximate surface area is 102 Å². The van der Waals surface area contributed by atoms with E-state index in [0.29, 0.717) is 11.1 Å². The van der Waals surface area contributed by atoms with Crippen LogP contribution in [0.5, 0.6) is 5.75 Å². The molecule has 0 aliphatic heterocycles. The highest BCUT2D eigenvalue weighted by Gasteiger charge is 2.23. The van der Waals surface area contributed by atoms with Gasteiger partial charge in [-0.15, -0.1) is 0 Å². The molecule has 0 spiro atoms. The Bertz CT molecular complexity index is 363. The van der Waals surface area contributed by atoms with Crippen molar-refractivity contribution < 1.29 is 5.11 Å². The first-order valence-electron chi connectivity index (χ1n) is 5.87. The van der Waals surface area contributed by atoms with Crippen LogP contribution >= 0.6 is 11.6 Å². The van der Waals surface area contributed by atoms with Crippen molar-refractivity contribution in [1.29, 1.82) is 0 Å². The van der Waals surface area contributed by atoms with Gasteiger partial charge in [-0.1, -0.05) is 24.1 Å². The molecule has 1 fully saturated rings. The molecule has 2 N–H and O–H groups in total. The Morgan fingerprint density at radius 2 is 2.25 bits per heavy atom. The lowest BCUT2D eigenvalue weighted by Crippen LogP contribution is -2.36. The number of hydrogen-bond acceptors (Lipinski definition) is 2. The Morgan fingerprint density at radius 3 is 2.81 bits per heavy atom. The zero-order valence-electron chi connectivity index (χ0n) is 9.54. The number of rotatable bonds is 4. The van der Waals surface area contributed by atoms with Crippen LogP contribution in [-0.4, -0.2) is 11.1 Å². The lowest BCUT2D eigenvalue weighted by molar-refractivity contribution is 0.240. The van der Waals surface area contributed by atoms with Crippen LogP contribution in [0.2, 0.25) is 5.02 Å². The van der Waals surface area contributed by atoms with Crippen LogP contribution in [0.1, 0.15) is 31.7 Å². The summed E-state index contributed by atoms with van der Waals surface area (Å²) in [7, 11) is 0. The minimum atomic E-state index is 0.150. The summed E-state index contributed by atoms with van der Waals surface area (Å²) in [4.78, 5) is 0. The van der Waals surface area contributed by atoms with Crippen LogP contribution in [0.3, 0.4) is 0 Å². The molecule has 1 saturated carbocycles. The molecule has 2 nitrogen and oxygen atoms in total. The third-order valence-electron chi connectivity index (χ3n) is 3.50. The SMILES string of the molecule is CC(NCc1ccc(O)c(Cl)c1)C1CCC1. The van der Waals surface area contributed by atoms with Crippen molar-refractivity contribution in [2.45, 2.75) is 38.8 Å². The average molecular weight is 240 g/mol. The van der Waals surface area contributed by atoms with E-state index in [1.165, 1.54) is 19.3 Å². The van der Waals surface area contributed by atoms with E-state index >= 15 is 0 Å². The van der Waals surface area contributed by atoms with Gasteiger partial charge in [0.25, 0.3) is 0 Å². The fraction of sp³-hybridized carbons (Fsp3) is 0.538. The van der Waals surface area contributed by atoms with E-state index < -0.39 is 0 Å². The van der Waals surface area contributed by atoms with Crippen molar-refractivity contribution in [3.05, 3.63) is 28.8 Å². The largest absolute Gasteiger partial charge is 0.506 e. The Kier molecular flexibility index (Phi) is 3.72. The van der Waals surface area contributed by atoms with Crippen LogP contribution in [0, 0.1) is 5.92 Å². The maximum absolute atomic E-state index is 9.30.